The molecule has 0 aromatic heterocycles. The molecule has 0 saturated carbocycles. The van der Waals surface area contributed by atoms with Crippen LogP contribution >= 0.6 is 0 Å². The maximum absolute atomic E-state index is 3.12. The van der Waals surface area contributed by atoms with Crippen molar-refractivity contribution >= 4 is 0 Å². The van der Waals surface area contributed by atoms with E-state index in [9.17, 15) is 0 Å². The highest BCUT2D eigenvalue weighted by Gasteiger charge is 1.83. The van der Waals surface area contributed by atoms with Gasteiger partial charge in [0, 0.05) is 0 Å². The zero-order chi connectivity index (χ0) is 11.9. The molecule has 0 aromatic carbocycles. The average Bonchev–Trinajstić information content (AvgIpc) is 2.31. The molecule has 0 aliphatic carbocycles. The van der Waals surface area contributed by atoms with E-state index in [-0.39, 0.29) is 0 Å². The fourth-order valence-electron chi connectivity index (χ4n) is 1.61. The highest BCUT2D eigenvalue weighted by atomic mass is 13.9. The molecule has 0 aliphatic heterocycles. The van der Waals surface area contributed by atoms with E-state index >= 15 is 0 Å². The smallest absolute Gasteiger partial charge is 0.0268 e. The molecule has 0 atom stereocenters. The van der Waals surface area contributed by atoms with Crippen LogP contribution in [0.3, 0.4) is 0 Å². The number of hydrogen-bond acceptors (Lipinski definition) is 0. The maximum atomic E-state index is 3.12. The molecule has 0 rings (SSSR count). The molecule has 0 radical (unpaired) electrons. The van der Waals surface area contributed by atoms with Crippen LogP contribution in [0.15, 0.2) is 23.6 Å². The molecule has 0 unspecified atom stereocenters. The van der Waals surface area contributed by atoms with Crippen molar-refractivity contribution in [2.75, 3.05) is 0 Å². The molecule has 0 aliphatic rings. The first kappa shape index (κ1) is 15.3. The summed E-state index contributed by atoms with van der Waals surface area (Å²) in [5.74, 6) is 0. The summed E-state index contributed by atoms with van der Waals surface area (Å²) in [5.41, 5.74) is 6.25. The summed E-state index contributed by atoms with van der Waals surface area (Å²) in [7, 11) is 0. The van der Waals surface area contributed by atoms with E-state index in [2.05, 4.69) is 37.5 Å². The van der Waals surface area contributed by atoms with Crippen LogP contribution in [0, 0.1) is 0 Å². The van der Waals surface area contributed by atoms with Crippen molar-refractivity contribution < 1.29 is 0 Å². The quantitative estimate of drug-likeness (QED) is 0.323. The molecule has 0 nitrogen and oxygen atoms in total. The Labute approximate surface area is 102 Å². The Bertz CT molecular complexity index is 188. The van der Waals surface area contributed by atoms with Gasteiger partial charge in [0.2, 0.25) is 0 Å². The molecule has 0 bridgehead atoms. The van der Waals surface area contributed by atoms with E-state index in [0.717, 1.165) is 12.8 Å². The van der Waals surface area contributed by atoms with E-state index in [1.54, 1.807) is 0 Å². The van der Waals surface area contributed by atoms with Crippen LogP contribution < -0.4 is 0 Å². The summed E-state index contributed by atoms with van der Waals surface area (Å²) in [6, 6.07) is 0. The number of allylic oxidation sites excluding steroid dienone is 2. The van der Waals surface area contributed by atoms with E-state index in [0.29, 0.717) is 0 Å². The van der Waals surface area contributed by atoms with Gasteiger partial charge in [0.05, 0.1) is 0 Å². The lowest BCUT2D eigenvalue weighted by atomic mass is 10.1. The Balaban J connectivity index is 3.34. The number of unbranched alkanes of at least 4 members (excludes halogenated alkanes) is 8. The lowest BCUT2D eigenvalue weighted by molar-refractivity contribution is 0.674. The largest absolute Gasteiger partial charge is 0.0750 e. The van der Waals surface area contributed by atoms with Crippen LogP contribution in [-0.2, 0) is 0 Å². The Hall–Kier alpha value is -0.700. The minimum atomic E-state index is 1.16. The number of hydrogen-bond donors (Lipinski definition) is 0. The molecule has 0 spiro atoms. The summed E-state index contributed by atoms with van der Waals surface area (Å²) in [4.78, 5) is 0. The third kappa shape index (κ3) is 13.3. The normalized spacial score (nSPS) is 9.38. The van der Waals surface area contributed by atoms with Gasteiger partial charge in [-0.3, -0.25) is 0 Å². The third-order valence-electron chi connectivity index (χ3n) is 2.69. The minimum Gasteiger partial charge on any atom is -0.0750 e. The highest BCUT2D eigenvalue weighted by molar-refractivity contribution is 4.86. The van der Waals surface area contributed by atoms with Gasteiger partial charge >= 0.3 is 0 Å². The Morgan fingerprint density at radius 3 is 1.44 bits per heavy atom. The monoisotopic (exact) mass is 220 g/mol. The second-order valence-electron chi connectivity index (χ2n) is 4.40. The van der Waals surface area contributed by atoms with E-state index in [1.165, 1.54) is 51.4 Å². The first-order valence-electron chi connectivity index (χ1n) is 7.06. The summed E-state index contributed by atoms with van der Waals surface area (Å²) in [6.45, 7) is 4.49. The standard InChI is InChI=1S/C16H28/c1-3-5-7-9-11-13-15-16-14-12-10-8-6-4-2/h13-14H,3-12H2,1-2H3. The van der Waals surface area contributed by atoms with Crippen LogP contribution in [0.1, 0.15) is 78.1 Å². The predicted octanol–water partition coefficient (Wildman–Crippen LogP) is 5.79. The molecular weight excluding hydrogens is 192 g/mol. The second-order valence-corrected chi connectivity index (χ2v) is 4.40. The van der Waals surface area contributed by atoms with Crippen LogP contribution in [0.5, 0.6) is 0 Å². The van der Waals surface area contributed by atoms with Crippen LogP contribution in [0.4, 0.5) is 0 Å². The first-order valence-corrected chi connectivity index (χ1v) is 7.06. The molecule has 92 valence electrons. The first-order chi connectivity index (χ1) is 7.91. The summed E-state index contributed by atoms with van der Waals surface area (Å²) in [5, 5.41) is 0. The molecular formula is C16H28. The van der Waals surface area contributed by atoms with Gasteiger partial charge in [0.25, 0.3) is 0 Å². The van der Waals surface area contributed by atoms with Crippen molar-refractivity contribution in [2.45, 2.75) is 78.1 Å². The van der Waals surface area contributed by atoms with Crippen LogP contribution in [0.2, 0.25) is 0 Å². The molecule has 16 heavy (non-hydrogen) atoms. The van der Waals surface area contributed by atoms with E-state index < -0.39 is 0 Å². The fraction of sp³-hybridized carbons (Fsp3) is 0.750. The molecule has 0 fully saturated rings. The van der Waals surface area contributed by atoms with Gasteiger partial charge in [-0.15, -0.1) is 0 Å². The fourth-order valence-corrected chi connectivity index (χ4v) is 1.61. The van der Waals surface area contributed by atoms with Gasteiger partial charge in [-0.2, -0.15) is 0 Å². The zero-order valence-electron chi connectivity index (χ0n) is 11.2. The average molecular weight is 220 g/mol. The van der Waals surface area contributed by atoms with Gasteiger partial charge < -0.3 is 0 Å². The molecule has 0 N–H and O–H groups in total. The molecule has 0 heterocycles. The Kier molecular flexibility index (Phi) is 13.7. The second kappa shape index (κ2) is 14.3. The van der Waals surface area contributed by atoms with Crippen LogP contribution in [0.25, 0.3) is 0 Å². The van der Waals surface area contributed by atoms with E-state index in [4.69, 9.17) is 0 Å². The Morgan fingerprint density at radius 1 is 0.625 bits per heavy atom. The topological polar surface area (TPSA) is 0 Å². The minimum absolute atomic E-state index is 1.16. The lowest BCUT2D eigenvalue weighted by Crippen LogP contribution is -1.72. The van der Waals surface area contributed by atoms with Gasteiger partial charge in [-0.1, -0.05) is 63.8 Å². The summed E-state index contributed by atoms with van der Waals surface area (Å²) in [6.07, 6.45) is 17.3. The van der Waals surface area contributed by atoms with Crippen molar-refractivity contribution in [3.8, 4) is 0 Å². The number of rotatable bonds is 10. The molecule has 0 heteroatoms. The van der Waals surface area contributed by atoms with Crippen molar-refractivity contribution in [1.29, 1.82) is 0 Å². The predicted molar refractivity (Wildman–Crippen MR) is 73.7 cm³/mol. The Morgan fingerprint density at radius 2 is 1.06 bits per heavy atom. The van der Waals surface area contributed by atoms with Crippen molar-refractivity contribution in [2.24, 2.45) is 0 Å². The maximum Gasteiger partial charge on any atom is -0.0268 e. The third-order valence-corrected chi connectivity index (χ3v) is 2.69. The summed E-state index contributed by atoms with van der Waals surface area (Å²) < 4.78 is 0. The van der Waals surface area contributed by atoms with Crippen molar-refractivity contribution in [3.05, 3.63) is 23.6 Å². The molecule has 0 amide bonds. The zero-order valence-corrected chi connectivity index (χ0v) is 11.2. The molecule has 0 aromatic rings. The van der Waals surface area contributed by atoms with Gasteiger partial charge in [-0.05, 0) is 37.8 Å². The molecule has 0 saturated heterocycles. The van der Waals surface area contributed by atoms with Gasteiger partial charge in [0.1, 0.15) is 0 Å². The van der Waals surface area contributed by atoms with Gasteiger partial charge in [-0.25, -0.2) is 0 Å². The SMILES string of the molecule is CCCCCCC=C=C=CCCCCCC. The van der Waals surface area contributed by atoms with Gasteiger partial charge in [0.15, 0.2) is 0 Å². The van der Waals surface area contributed by atoms with Crippen molar-refractivity contribution in [1.82, 2.24) is 0 Å². The van der Waals surface area contributed by atoms with E-state index in [1.807, 2.05) is 0 Å². The lowest BCUT2D eigenvalue weighted by Gasteiger charge is -1.92. The highest BCUT2D eigenvalue weighted by Crippen LogP contribution is 2.03. The van der Waals surface area contributed by atoms with Crippen LogP contribution in [-0.4, -0.2) is 0 Å². The summed E-state index contributed by atoms with van der Waals surface area (Å²) >= 11 is 0. The van der Waals surface area contributed by atoms with Crippen molar-refractivity contribution in [3.63, 3.8) is 0 Å².